The van der Waals surface area contributed by atoms with Crippen molar-refractivity contribution in [2.24, 2.45) is 0 Å². The first-order valence-corrected chi connectivity index (χ1v) is 9.23. The summed E-state index contributed by atoms with van der Waals surface area (Å²) in [6.07, 6.45) is 2.63. The van der Waals surface area contributed by atoms with E-state index in [4.69, 9.17) is 4.74 Å². The molecular formula is C22H20N4O3. The maximum Gasteiger partial charge on any atom is 0.346 e. The van der Waals surface area contributed by atoms with Gasteiger partial charge in [-0.25, -0.2) is 4.79 Å². The first kappa shape index (κ1) is 18.5. The Bertz CT molecular complexity index is 1210. The average Bonchev–Trinajstić information content (AvgIpc) is 3.16. The van der Waals surface area contributed by atoms with Crippen molar-refractivity contribution in [3.8, 4) is 17.0 Å². The molecule has 4 rings (SSSR count). The molecule has 7 heteroatoms. The highest BCUT2D eigenvalue weighted by atomic mass is 16.5. The highest BCUT2D eigenvalue weighted by Crippen LogP contribution is 2.20. The van der Waals surface area contributed by atoms with E-state index < -0.39 is 5.69 Å². The summed E-state index contributed by atoms with van der Waals surface area (Å²) in [5.41, 5.74) is 2.96. The molecule has 29 heavy (non-hydrogen) atoms. The Morgan fingerprint density at radius 2 is 1.93 bits per heavy atom. The van der Waals surface area contributed by atoms with Gasteiger partial charge in [0.25, 0.3) is 5.91 Å². The van der Waals surface area contributed by atoms with Gasteiger partial charge >= 0.3 is 5.69 Å². The number of hydrogen-bond acceptors (Lipinski definition) is 4. The number of benzene rings is 2. The van der Waals surface area contributed by atoms with Crippen molar-refractivity contribution in [3.05, 3.63) is 82.5 Å². The van der Waals surface area contributed by atoms with Gasteiger partial charge in [0.1, 0.15) is 11.4 Å². The van der Waals surface area contributed by atoms with E-state index in [0.29, 0.717) is 24.4 Å². The van der Waals surface area contributed by atoms with E-state index in [1.165, 1.54) is 0 Å². The topological polar surface area (TPSA) is 99.9 Å². The SMILES string of the molecule is COc1ccc(-c2cc(C(=O)NCCc3c[nH]c4ccccc34)[nH]c(=O)n2)cc1. The van der Waals surface area contributed by atoms with Gasteiger partial charge in [-0.05, 0) is 48.4 Å². The Kier molecular flexibility index (Phi) is 5.11. The largest absolute Gasteiger partial charge is 0.497 e. The second-order valence-corrected chi connectivity index (χ2v) is 6.58. The fourth-order valence-corrected chi connectivity index (χ4v) is 3.23. The quantitative estimate of drug-likeness (QED) is 0.473. The van der Waals surface area contributed by atoms with Crippen molar-refractivity contribution in [2.45, 2.75) is 6.42 Å². The average molecular weight is 388 g/mol. The highest BCUT2D eigenvalue weighted by molar-refractivity contribution is 5.93. The molecule has 0 atom stereocenters. The zero-order chi connectivity index (χ0) is 20.2. The summed E-state index contributed by atoms with van der Waals surface area (Å²) in [6.45, 7) is 0.447. The Hall–Kier alpha value is -3.87. The highest BCUT2D eigenvalue weighted by Gasteiger charge is 2.11. The summed E-state index contributed by atoms with van der Waals surface area (Å²) in [5.74, 6) is 0.355. The van der Waals surface area contributed by atoms with Crippen LogP contribution in [-0.2, 0) is 6.42 Å². The summed E-state index contributed by atoms with van der Waals surface area (Å²) >= 11 is 0. The predicted molar refractivity (Wildman–Crippen MR) is 111 cm³/mol. The van der Waals surface area contributed by atoms with Gasteiger partial charge in [0.15, 0.2) is 0 Å². The molecule has 0 aliphatic carbocycles. The van der Waals surface area contributed by atoms with E-state index in [2.05, 4.69) is 20.3 Å². The number of para-hydroxylation sites is 1. The molecule has 0 aliphatic rings. The summed E-state index contributed by atoms with van der Waals surface area (Å²) in [7, 11) is 1.58. The zero-order valence-corrected chi connectivity index (χ0v) is 15.9. The second-order valence-electron chi connectivity index (χ2n) is 6.58. The Labute approximate surface area is 166 Å². The van der Waals surface area contributed by atoms with Crippen LogP contribution in [0.15, 0.2) is 65.6 Å². The lowest BCUT2D eigenvalue weighted by molar-refractivity contribution is 0.0948. The van der Waals surface area contributed by atoms with Crippen LogP contribution in [0.4, 0.5) is 0 Å². The van der Waals surface area contributed by atoms with Gasteiger partial charge in [-0.1, -0.05) is 18.2 Å². The molecule has 0 unspecified atom stereocenters. The molecule has 0 saturated carbocycles. The molecule has 0 fully saturated rings. The molecule has 2 aromatic carbocycles. The number of aromatic nitrogens is 3. The number of carbonyl (C=O) groups is 1. The van der Waals surface area contributed by atoms with Crippen molar-refractivity contribution in [3.63, 3.8) is 0 Å². The van der Waals surface area contributed by atoms with Gasteiger partial charge in [-0.3, -0.25) is 4.79 Å². The lowest BCUT2D eigenvalue weighted by Crippen LogP contribution is -2.29. The summed E-state index contributed by atoms with van der Waals surface area (Å²) in [6, 6.07) is 16.7. The lowest BCUT2D eigenvalue weighted by atomic mass is 10.1. The Balaban J connectivity index is 1.46. The molecule has 3 N–H and O–H groups in total. The lowest BCUT2D eigenvalue weighted by Gasteiger charge is -2.07. The van der Waals surface area contributed by atoms with Gasteiger partial charge < -0.3 is 20.0 Å². The minimum absolute atomic E-state index is 0.176. The fraction of sp³-hybridized carbons (Fsp3) is 0.136. The van der Waals surface area contributed by atoms with Gasteiger partial charge in [-0.15, -0.1) is 0 Å². The number of ether oxygens (including phenoxy) is 1. The van der Waals surface area contributed by atoms with Crippen molar-refractivity contribution >= 4 is 16.8 Å². The molecule has 146 valence electrons. The van der Waals surface area contributed by atoms with Crippen molar-refractivity contribution in [1.82, 2.24) is 20.3 Å². The first-order chi connectivity index (χ1) is 14.1. The number of H-pyrrole nitrogens is 2. The third-order valence-electron chi connectivity index (χ3n) is 4.73. The molecule has 2 heterocycles. The van der Waals surface area contributed by atoms with Crippen molar-refractivity contribution < 1.29 is 9.53 Å². The van der Waals surface area contributed by atoms with E-state index in [9.17, 15) is 9.59 Å². The Morgan fingerprint density at radius 1 is 1.14 bits per heavy atom. The monoisotopic (exact) mass is 388 g/mol. The molecule has 0 aliphatic heterocycles. The van der Waals surface area contributed by atoms with Gasteiger partial charge in [0.2, 0.25) is 0 Å². The van der Waals surface area contributed by atoms with Crippen LogP contribution in [0.2, 0.25) is 0 Å². The molecule has 0 bridgehead atoms. The maximum absolute atomic E-state index is 12.5. The van der Waals surface area contributed by atoms with E-state index in [1.54, 1.807) is 37.4 Å². The minimum atomic E-state index is -0.569. The molecule has 1 amide bonds. The smallest absolute Gasteiger partial charge is 0.346 e. The third-order valence-corrected chi connectivity index (χ3v) is 4.73. The number of hydrogen-bond donors (Lipinski definition) is 3. The molecule has 0 spiro atoms. The third kappa shape index (κ3) is 4.03. The molecule has 2 aromatic heterocycles. The molecule has 0 saturated heterocycles. The van der Waals surface area contributed by atoms with Crippen molar-refractivity contribution in [2.75, 3.05) is 13.7 Å². The number of amides is 1. The second kappa shape index (κ2) is 8.02. The van der Waals surface area contributed by atoms with Crippen LogP contribution >= 0.6 is 0 Å². The number of methoxy groups -OCH3 is 1. The standard InChI is InChI=1S/C22H20N4O3/c1-29-16-8-6-14(7-9-16)19-12-20(26-22(28)25-19)21(27)23-11-10-15-13-24-18-5-3-2-4-17(15)18/h2-9,12-13,24H,10-11H2,1H3,(H,23,27)(H,25,26,28). The maximum atomic E-state index is 12.5. The van der Waals surface area contributed by atoms with Crippen LogP contribution < -0.4 is 15.7 Å². The fourth-order valence-electron chi connectivity index (χ4n) is 3.23. The van der Waals surface area contributed by atoms with Crippen LogP contribution in [0.3, 0.4) is 0 Å². The van der Waals surface area contributed by atoms with Crippen LogP contribution in [0, 0.1) is 0 Å². The van der Waals surface area contributed by atoms with E-state index in [1.807, 2.05) is 30.5 Å². The number of nitrogens with zero attached hydrogens (tertiary/aromatic N) is 1. The van der Waals surface area contributed by atoms with Gasteiger partial charge in [-0.2, -0.15) is 4.98 Å². The molecule has 0 radical (unpaired) electrons. The predicted octanol–water partition coefficient (Wildman–Crippen LogP) is 2.90. The van der Waals surface area contributed by atoms with Crippen LogP contribution in [0.25, 0.3) is 22.2 Å². The zero-order valence-electron chi connectivity index (χ0n) is 15.9. The number of rotatable bonds is 6. The normalized spacial score (nSPS) is 10.8. The first-order valence-electron chi connectivity index (χ1n) is 9.23. The van der Waals surface area contributed by atoms with Gasteiger partial charge in [0.05, 0.1) is 12.8 Å². The minimum Gasteiger partial charge on any atom is -0.497 e. The summed E-state index contributed by atoms with van der Waals surface area (Å²) < 4.78 is 5.14. The summed E-state index contributed by atoms with van der Waals surface area (Å²) in [4.78, 5) is 34.2. The van der Waals surface area contributed by atoms with Crippen LogP contribution in [0.1, 0.15) is 16.1 Å². The number of carbonyl (C=O) groups excluding carboxylic acids is 1. The van der Waals surface area contributed by atoms with Gasteiger partial charge in [0, 0.05) is 29.2 Å². The van der Waals surface area contributed by atoms with E-state index >= 15 is 0 Å². The number of nitrogens with one attached hydrogen (secondary N) is 3. The number of aromatic amines is 2. The van der Waals surface area contributed by atoms with Crippen LogP contribution in [-0.4, -0.2) is 34.5 Å². The Morgan fingerprint density at radius 3 is 2.72 bits per heavy atom. The molecule has 7 nitrogen and oxygen atoms in total. The number of fused-ring (bicyclic) bond motifs is 1. The summed E-state index contributed by atoms with van der Waals surface area (Å²) in [5, 5.41) is 4.00. The molecule has 4 aromatic rings. The van der Waals surface area contributed by atoms with E-state index in [0.717, 1.165) is 22.0 Å². The van der Waals surface area contributed by atoms with E-state index in [-0.39, 0.29) is 11.6 Å². The van der Waals surface area contributed by atoms with Crippen LogP contribution in [0.5, 0.6) is 5.75 Å². The molecular weight excluding hydrogens is 368 g/mol. The van der Waals surface area contributed by atoms with Crippen molar-refractivity contribution in [1.29, 1.82) is 0 Å².